The number of ether oxygens (including phenoxy) is 1. The summed E-state index contributed by atoms with van der Waals surface area (Å²) in [6.45, 7) is 2.56. The molecule has 1 fully saturated rings. The molecule has 0 aromatic carbocycles. The summed E-state index contributed by atoms with van der Waals surface area (Å²) in [6, 6.07) is 2.48. The van der Waals surface area contributed by atoms with Gasteiger partial charge in [-0.05, 0) is 28.1 Å². The summed E-state index contributed by atoms with van der Waals surface area (Å²) < 4.78 is 6.50. The number of thiophene rings is 1. The molecule has 2 nitrogen and oxygen atoms in total. The molecule has 1 aromatic heterocycles. The fraction of sp³-hybridized carbons (Fsp3) is 0.400. The Hall–Kier alpha value is -0.160. The fourth-order valence-corrected chi connectivity index (χ4v) is 2.68. The van der Waals surface area contributed by atoms with Gasteiger partial charge in [0.25, 0.3) is 0 Å². The van der Waals surface area contributed by atoms with E-state index in [2.05, 4.69) is 44.8 Å². The van der Waals surface area contributed by atoms with Crippen LogP contribution in [-0.2, 0) is 4.74 Å². The Morgan fingerprint density at radius 2 is 2.57 bits per heavy atom. The third-order valence-electron chi connectivity index (χ3n) is 2.03. The molecule has 0 aliphatic carbocycles. The van der Waals surface area contributed by atoms with Crippen molar-refractivity contribution in [3.05, 3.63) is 26.9 Å². The fourth-order valence-electron chi connectivity index (χ4n) is 1.34. The molecule has 0 bridgehead atoms. The van der Waals surface area contributed by atoms with Crippen LogP contribution in [0.25, 0.3) is 6.08 Å². The first-order valence-corrected chi connectivity index (χ1v) is 6.25. The Bertz CT molecular complexity index is 318. The van der Waals surface area contributed by atoms with Gasteiger partial charge in [0.05, 0.1) is 13.2 Å². The van der Waals surface area contributed by atoms with Crippen LogP contribution in [0.5, 0.6) is 0 Å². The lowest BCUT2D eigenvalue weighted by molar-refractivity contribution is 0.0903. The van der Waals surface area contributed by atoms with Gasteiger partial charge in [0, 0.05) is 27.3 Å². The molecule has 14 heavy (non-hydrogen) atoms. The van der Waals surface area contributed by atoms with Gasteiger partial charge < -0.3 is 10.1 Å². The summed E-state index contributed by atoms with van der Waals surface area (Å²) in [5.41, 5.74) is 0. The van der Waals surface area contributed by atoms with Gasteiger partial charge in [-0.15, -0.1) is 11.3 Å². The molecule has 1 unspecified atom stereocenters. The SMILES string of the molecule is Brc1csc(/C=C/C2COCCN2)c1. The molecule has 1 atom stereocenters. The molecule has 1 aliphatic rings. The van der Waals surface area contributed by atoms with Gasteiger partial charge in [-0.3, -0.25) is 0 Å². The van der Waals surface area contributed by atoms with Gasteiger partial charge in [0.2, 0.25) is 0 Å². The van der Waals surface area contributed by atoms with Crippen LogP contribution < -0.4 is 5.32 Å². The van der Waals surface area contributed by atoms with Crippen molar-refractivity contribution in [3.8, 4) is 0 Å². The molecule has 2 heterocycles. The second-order valence-electron chi connectivity index (χ2n) is 3.16. The first-order chi connectivity index (χ1) is 6.84. The van der Waals surface area contributed by atoms with Crippen molar-refractivity contribution in [3.63, 3.8) is 0 Å². The van der Waals surface area contributed by atoms with Crippen LogP contribution in [-0.4, -0.2) is 25.8 Å². The highest BCUT2D eigenvalue weighted by Crippen LogP contribution is 2.20. The molecule has 0 radical (unpaired) electrons. The quantitative estimate of drug-likeness (QED) is 0.894. The Morgan fingerprint density at radius 1 is 1.64 bits per heavy atom. The number of hydrogen-bond donors (Lipinski definition) is 1. The van der Waals surface area contributed by atoms with E-state index in [9.17, 15) is 0 Å². The Labute approximate surface area is 96.1 Å². The molecular formula is C10H12BrNOS. The van der Waals surface area contributed by atoms with Crippen LogP contribution in [0.15, 0.2) is 22.0 Å². The number of morpholine rings is 1. The first kappa shape index (κ1) is 10.4. The van der Waals surface area contributed by atoms with Crippen LogP contribution in [0, 0.1) is 0 Å². The van der Waals surface area contributed by atoms with Gasteiger partial charge in [0.1, 0.15) is 0 Å². The highest BCUT2D eigenvalue weighted by atomic mass is 79.9. The molecule has 1 aliphatic heterocycles. The predicted octanol–water partition coefficient (Wildman–Crippen LogP) is 2.51. The summed E-state index contributed by atoms with van der Waals surface area (Å²) in [7, 11) is 0. The van der Waals surface area contributed by atoms with E-state index in [-0.39, 0.29) is 0 Å². The van der Waals surface area contributed by atoms with Crippen molar-refractivity contribution in [1.82, 2.24) is 5.32 Å². The van der Waals surface area contributed by atoms with Crippen molar-refractivity contribution in [2.24, 2.45) is 0 Å². The number of hydrogen-bond acceptors (Lipinski definition) is 3. The van der Waals surface area contributed by atoms with Crippen molar-refractivity contribution in [2.75, 3.05) is 19.8 Å². The summed E-state index contributed by atoms with van der Waals surface area (Å²) in [5.74, 6) is 0. The summed E-state index contributed by atoms with van der Waals surface area (Å²) in [5, 5.41) is 5.47. The minimum absolute atomic E-state index is 0.365. The Morgan fingerprint density at radius 3 is 3.21 bits per heavy atom. The van der Waals surface area contributed by atoms with E-state index in [1.54, 1.807) is 11.3 Å². The molecular weight excluding hydrogens is 262 g/mol. The molecule has 4 heteroatoms. The lowest BCUT2D eigenvalue weighted by atomic mass is 10.2. The average molecular weight is 274 g/mol. The van der Waals surface area contributed by atoms with Gasteiger partial charge in [-0.25, -0.2) is 0 Å². The minimum atomic E-state index is 0.365. The highest BCUT2D eigenvalue weighted by molar-refractivity contribution is 9.10. The monoisotopic (exact) mass is 273 g/mol. The summed E-state index contributed by atoms with van der Waals surface area (Å²) >= 11 is 5.17. The zero-order valence-corrected chi connectivity index (χ0v) is 10.1. The highest BCUT2D eigenvalue weighted by Gasteiger charge is 2.08. The van der Waals surface area contributed by atoms with E-state index in [0.29, 0.717) is 6.04 Å². The number of nitrogens with one attached hydrogen (secondary N) is 1. The second kappa shape index (κ2) is 5.07. The molecule has 0 spiro atoms. The van der Waals surface area contributed by atoms with Crippen LogP contribution in [0.2, 0.25) is 0 Å². The standard InChI is InChI=1S/C10H12BrNOS/c11-8-5-10(14-7-8)2-1-9-6-13-4-3-12-9/h1-2,5,7,9,12H,3-4,6H2/b2-1+. The van der Waals surface area contributed by atoms with Gasteiger partial charge in [-0.2, -0.15) is 0 Å². The first-order valence-electron chi connectivity index (χ1n) is 4.58. The van der Waals surface area contributed by atoms with Crippen LogP contribution >= 0.6 is 27.3 Å². The lowest BCUT2D eigenvalue weighted by Gasteiger charge is -2.20. The maximum atomic E-state index is 5.36. The minimum Gasteiger partial charge on any atom is -0.378 e. The molecule has 0 amide bonds. The van der Waals surface area contributed by atoms with Crippen molar-refractivity contribution >= 4 is 33.3 Å². The second-order valence-corrected chi connectivity index (χ2v) is 5.02. The molecule has 1 saturated heterocycles. The third kappa shape index (κ3) is 2.92. The maximum Gasteiger partial charge on any atom is 0.0656 e. The van der Waals surface area contributed by atoms with Crippen molar-refractivity contribution < 1.29 is 4.74 Å². The van der Waals surface area contributed by atoms with E-state index < -0.39 is 0 Å². The number of halogens is 1. The van der Waals surface area contributed by atoms with Crippen molar-refractivity contribution in [2.45, 2.75) is 6.04 Å². The van der Waals surface area contributed by atoms with Gasteiger partial charge >= 0.3 is 0 Å². The van der Waals surface area contributed by atoms with E-state index in [1.807, 2.05) is 0 Å². The average Bonchev–Trinajstić information content (AvgIpc) is 2.63. The van der Waals surface area contributed by atoms with E-state index in [0.717, 1.165) is 24.2 Å². The van der Waals surface area contributed by atoms with Crippen LogP contribution in [0.4, 0.5) is 0 Å². The molecule has 1 N–H and O–H groups in total. The zero-order chi connectivity index (χ0) is 9.80. The van der Waals surface area contributed by atoms with E-state index >= 15 is 0 Å². The van der Waals surface area contributed by atoms with Crippen LogP contribution in [0.1, 0.15) is 4.88 Å². The van der Waals surface area contributed by atoms with Crippen molar-refractivity contribution in [1.29, 1.82) is 0 Å². The largest absolute Gasteiger partial charge is 0.378 e. The van der Waals surface area contributed by atoms with E-state index in [4.69, 9.17) is 4.74 Å². The normalized spacial score (nSPS) is 23.1. The Kier molecular flexibility index (Phi) is 3.75. The zero-order valence-electron chi connectivity index (χ0n) is 7.70. The molecule has 1 aromatic rings. The van der Waals surface area contributed by atoms with Crippen LogP contribution in [0.3, 0.4) is 0 Å². The Balaban J connectivity index is 1.92. The molecule has 76 valence electrons. The van der Waals surface area contributed by atoms with Gasteiger partial charge in [0.15, 0.2) is 0 Å². The van der Waals surface area contributed by atoms with Gasteiger partial charge in [-0.1, -0.05) is 6.08 Å². The summed E-state index contributed by atoms with van der Waals surface area (Å²) in [4.78, 5) is 1.27. The third-order valence-corrected chi connectivity index (χ3v) is 3.69. The topological polar surface area (TPSA) is 21.3 Å². The predicted molar refractivity (Wildman–Crippen MR) is 63.7 cm³/mol. The molecule has 2 rings (SSSR count). The summed E-state index contributed by atoms with van der Waals surface area (Å²) in [6.07, 6.45) is 4.30. The maximum absolute atomic E-state index is 5.36. The smallest absolute Gasteiger partial charge is 0.0656 e. The lowest BCUT2D eigenvalue weighted by Crippen LogP contribution is -2.39. The number of rotatable bonds is 2. The van der Waals surface area contributed by atoms with E-state index in [1.165, 1.54) is 4.88 Å². The molecule has 0 saturated carbocycles.